The molecule has 30 heavy (non-hydrogen) atoms. The second-order valence-corrected chi connectivity index (χ2v) is 9.44. The maximum absolute atomic E-state index is 12.9. The third-order valence-electron chi connectivity index (χ3n) is 5.50. The lowest BCUT2D eigenvalue weighted by atomic mass is 10.00. The van der Waals surface area contributed by atoms with E-state index in [1.807, 2.05) is 12.1 Å². The van der Waals surface area contributed by atoms with Crippen LogP contribution in [0.15, 0.2) is 47.5 Å². The highest BCUT2D eigenvalue weighted by Crippen LogP contribution is 2.45. The number of hydrogen-bond donors (Lipinski definition) is 2. The molecule has 9 heteroatoms. The summed E-state index contributed by atoms with van der Waals surface area (Å²) in [6, 6.07) is 10.7. The number of halogens is 1. The minimum atomic E-state index is -3.70. The summed E-state index contributed by atoms with van der Waals surface area (Å²) >= 11 is 6.49. The minimum Gasteiger partial charge on any atom is -0.384 e. The van der Waals surface area contributed by atoms with Crippen molar-refractivity contribution >= 4 is 43.9 Å². The van der Waals surface area contributed by atoms with Crippen molar-refractivity contribution in [3.8, 4) is 11.1 Å². The van der Waals surface area contributed by atoms with Gasteiger partial charge in [-0.3, -0.25) is 14.6 Å². The number of fused-ring (bicyclic) bond motifs is 5. The van der Waals surface area contributed by atoms with Crippen LogP contribution in [0.5, 0.6) is 0 Å². The van der Waals surface area contributed by atoms with Crippen molar-refractivity contribution in [2.75, 3.05) is 49.4 Å². The monoisotopic (exact) mass is 444 g/mol. The number of hydrogen-bond acceptors (Lipinski definition) is 6. The molecule has 0 saturated carbocycles. The van der Waals surface area contributed by atoms with Crippen LogP contribution in [-0.2, 0) is 14.8 Å². The normalized spacial score (nSPS) is 17.8. The van der Waals surface area contributed by atoms with E-state index in [0.29, 0.717) is 27.2 Å². The summed E-state index contributed by atoms with van der Waals surface area (Å²) in [7, 11) is -3.70. The standard InChI is InChI=1S/C21H21ClN4O3S/c22-18-13-17-16-12-14(23-6-7-26-8-10-29-11-9-26)3-4-19(16)30(27,28)25-21(17)20-15(18)2-1-5-24-20/h1-5,12-13,23,25H,6-11H2. The number of sulfonamides is 1. The first-order chi connectivity index (χ1) is 14.5. The lowest BCUT2D eigenvalue weighted by molar-refractivity contribution is 0.0398. The third-order valence-corrected chi connectivity index (χ3v) is 7.22. The summed E-state index contributed by atoms with van der Waals surface area (Å²) in [6.07, 6.45) is 1.63. The predicted molar refractivity (Wildman–Crippen MR) is 119 cm³/mol. The first-order valence-corrected chi connectivity index (χ1v) is 11.7. The van der Waals surface area contributed by atoms with Crippen molar-refractivity contribution in [1.82, 2.24) is 9.88 Å². The molecule has 2 aliphatic heterocycles. The lowest BCUT2D eigenvalue weighted by Crippen LogP contribution is -2.39. The molecule has 156 valence electrons. The molecule has 1 fully saturated rings. The van der Waals surface area contributed by atoms with E-state index in [9.17, 15) is 8.42 Å². The van der Waals surface area contributed by atoms with Gasteiger partial charge in [-0.15, -0.1) is 0 Å². The Labute approximate surface area is 180 Å². The van der Waals surface area contributed by atoms with Gasteiger partial charge >= 0.3 is 0 Å². The number of pyridine rings is 1. The van der Waals surface area contributed by atoms with Gasteiger partial charge in [-0.1, -0.05) is 11.6 Å². The van der Waals surface area contributed by atoms with Gasteiger partial charge in [-0.2, -0.15) is 0 Å². The molecule has 2 N–H and O–H groups in total. The van der Waals surface area contributed by atoms with E-state index >= 15 is 0 Å². The van der Waals surface area contributed by atoms with Gasteiger partial charge in [0.1, 0.15) is 0 Å². The maximum atomic E-state index is 12.9. The van der Waals surface area contributed by atoms with Crippen molar-refractivity contribution in [2.45, 2.75) is 4.90 Å². The number of nitrogens with one attached hydrogen (secondary N) is 2. The fourth-order valence-electron chi connectivity index (χ4n) is 3.97. The summed E-state index contributed by atoms with van der Waals surface area (Å²) in [5, 5.41) is 4.65. The van der Waals surface area contributed by atoms with Crippen LogP contribution in [-0.4, -0.2) is 57.7 Å². The van der Waals surface area contributed by atoms with E-state index < -0.39 is 10.0 Å². The molecule has 1 saturated heterocycles. The Morgan fingerprint density at radius 3 is 2.83 bits per heavy atom. The van der Waals surface area contributed by atoms with Crippen molar-refractivity contribution < 1.29 is 13.2 Å². The van der Waals surface area contributed by atoms with Crippen molar-refractivity contribution in [3.05, 3.63) is 47.6 Å². The molecule has 0 radical (unpaired) electrons. The van der Waals surface area contributed by atoms with Crippen LogP contribution in [0.25, 0.3) is 22.0 Å². The van der Waals surface area contributed by atoms with E-state index in [-0.39, 0.29) is 4.90 Å². The summed E-state index contributed by atoms with van der Waals surface area (Å²) < 4.78 is 33.8. The van der Waals surface area contributed by atoms with Gasteiger partial charge in [-0.25, -0.2) is 8.42 Å². The molecule has 2 aliphatic rings. The highest BCUT2D eigenvalue weighted by Gasteiger charge is 2.30. The second-order valence-electron chi connectivity index (χ2n) is 7.38. The molecule has 2 aromatic carbocycles. The fourth-order valence-corrected chi connectivity index (χ4v) is 5.53. The summed E-state index contributed by atoms with van der Waals surface area (Å²) in [5.41, 5.74) is 3.22. The Balaban J connectivity index is 1.51. The molecule has 1 aromatic heterocycles. The Bertz CT molecular complexity index is 1230. The molecular formula is C21H21ClN4O3S. The van der Waals surface area contributed by atoms with Crippen molar-refractivity contribution in [1.29, 1.82) is 0 Å². The first-order valence-electron chi connectivity index (χ1n) is 9.81. The zero-order valence-corrected chi connectivity index (χ0v) is 17.8. The summed E-state index contributed by atoms with van der Waals surface area (Å²) in [5.74, 6) is 0. The smallest absolute Gasteiger partial charge is 0.262 e. The quantitative estimate of drug-likeness (QED) is 0.641. The van der Waals surface area contributed by atoms with Gasteiger partial charge < -0.3 is 10.1 Å². The van der Waals surface area contributed by atoms with E-state index in [2.05, 4.69) is 19.9 Å². The Morgan fingerprint density at radius 1 is 1.17 bits per heavy atom. The van der Waals surface area contributed by atoms with Gasteiger partial charge in [0.2, 0.25) is 0 Å². The molecular weight excluding hydrogens is 424 g/mol. The zero-order valence-electron chi connectivity index (χ0n) is 16.2. The molecule has 0 bridgehead atoms. The molecule has 3 heterocycles. The number of ether oxygens (including phenoxy) is 1. The second kappa shape index (κ2) is 7.70. The molecule has 0 unspecified atom stereocenters. The number of rotatable bonds is 4. The van der Waals surface area contributed by atoms with Crippen LogP contribution in [0.4, 0.5) is 11.4 Å². The molecule has 3 aromatic rings. The minimum absolute atomic E-state index is 0.236. The van der Waals surface area contributed by atoms with E-state index in [1.165, 1.54) is 0 Å². The number of nitrogens with zero attached hydrogens (tertiary/aromatic N) is 2. The average molecular weight is 445 g/mol. The number of aromatic nitrogens is 1. The maximum Gasteiger partial charge on any atom is 0.262 e. The molecule has 5 rings (SSSR count). The van der Waals surface area contributed by atoms with Gasteiger partial charge in [0.05, 0.1) is 34.3 Å². The lowest BCUT2D eigenvalue weighted by Gasteiger charge is -2.27. The molecule has 0 atom stereocenters. The first kappa shape index (κ1) is 19.6. The van der Waals surface area contributed by atoms with Crippen LogP contribution in [0.3, 0.4) is 0 Å². The Kier molecular flexibility index (Phi) is 5.02. The molecule has 7 nitrogen and oxygen atoms in total. The zero-order chi connectivity index (χ0) is 20.7. The van der Waals surface area contributed by atoms with Gasteiger partial charge in [-0.05, 0) is 36.4 Å². The summed E-state index contributed by atoms with van der Waals surface area (Å²) in [4.78, 5) is 6.95. The van der Waals surface area contributed by atoms with E-state index in [4.69, 9.17) is 16.3 Å². The van der Waals surface area contributed by atoms with Crippen LogP contribution in [0.1, 0.15) is 0 Å². The number of morpholine rings is 1. The Hall–Kier alpha value is -2.39. The van der Waals surface area contributed by atoms with Crippen LogP contribution >= 0.6 is 11.6 Å². The van der Waals surface area contributed by atoms with Gasteiger partial charge in [0.15, 0.2) is 0 Å². The Morgan fingerprint density at radius 2 is 2.00 bits per heavy atom. The molecule has 0 aliphatic carbocycles. The highest BCUT2D eigenvalue weighted by molar-refractivity contribution is 7.93. The van der Waals surface area contributed by atoms with Crippen molar-refractivity contribution in [3.63, 3.8) is 0 Å². The van der Waals surface area contributed by atoms with E-state index in [1.54, 1.807) is 30.5 Å². The van der Waals surface area contributed by atoms with Crippen LogP contribution in [0.2, 0.25) is 5.02 Å². The number of anilines is 2. The van der Waals surface area contributed by atoms with Gasteiger partial charge in [0, 0.05) is 54.6 Å². The van der Waals surface area contributed by atoms with E-state index in [0.717, 1.165) is 50.6 Å². The molecule has 0 spiro atoms. The van der Waals surface area contributed by atoms with Crippen molar-refractivity contribution in [2.24, 2.45) is 0 Å². The molecule has 0 amide bonds. The SMILES string of the molecule is O=S1(=O)Nc2c(cc(Cl)c3cccnc23)-c2cc(NCCN3CCOCC3)ccc21. The predicted octanol–water partition coefficient (Wildman–Crippen LogP) is 3.41. The van der Waals surface area contributed by atoms with Gasteiger partial charge in [0.25, 0.3) is 10.0 Å². The average Bonchev–Trinajstić information content (AvgIpc) is 2.76. The highest BCUT2D eigenvalue weighted by atomic mass is 35.5. The van der Waals surface area contributed by atoms with Crippen LogP contribution in [0, 0.1) is 0 Å². The third kappa shape index (κ3) is 3.50. The van der Waals surface area contributed by atoms with Crippen LogP contribution < -0.4 is 10.0 Å². The topological polar surface area (TPSA) is 83.6 Å². The largest absolute Gasteiger partial charge is 0.384 e. The fraction of sp³-hybridized carbons (Fsp3) is 0.286. The number of benzene rings is 2. The summed E-state index contributed by atoms with van der Waals surface area (Å²) in [6.45, 7) is 5.06.